The van der Waals surface area contributed by atoms with Crippen LogP contribution < -0.4 is 5.32 Å². The molecule has 2 saturated carbocycles. The minimum atomic E-state index is -2.17. The maximum absolute atomic E-state index is 15.5. The molecule has 0 aromatic heterocycles. The second-order valence-corrected chi connectivity index (χ2v) is 17.8. The van der Waals surface area contributed by atoms with Crippen LogP contribution >= 0.6 is 0 Å². The van der Waals surface area contributed by atoms with E-state index in [4.69, 9.17) is 18.9 Å². The third kappa shape index (κ3) is 7.36. The van der Waals surface area contributed by atoms with Gasteiger partial charge in [-0.15, -0.1) is 0 Å². The van der Waals surface area contributed by atoms with Gasteiger partial charge in [0.2, 0.25) is 0 Å². The molecule has 2 unspecified atom stereocenters. The number of esters is 3. The Morgan fingerprint density at radius 1 is 0.855 bits per heavy atom. The van der Waals surface area contributed by atoms with Gasteiger partial charge in [-0.05, 0) is 42.7 Å². The predicted molar refractivity (Wildman–Crippen MR) is 221 cm³/mol. The van der Waals surface area contributed by atoms with Crippen molar-refractivity contribution < 1.29 is 63.0 Å². The summed E-state index contributed by atoms with van der Waals surface area (Å²) in [6, 6.07) is 23.6. The predicted octanol–water partition coefficient (Wildman–Crippen LogP) is 4.40. The standard InChI is InChI=1S/C48H53NO13/c1-26-34(61-44(57)39(54)38(30-18-12-8-13-19-30)49-43(56)31-20-14-9-15-21-31)24-48(58)32(22-33(52)29-16-10-7-11-17-29)41-46(6,35(53)23-36-47(41,25-59-36)62-28(3)51)42(55)40(60-27(2)50)37(26)45(48,4)5/h7-21,32,34-36,38-41,53-54,58H,22-25H2,1-6H3,(H,49,56)/t32-,34-,35-,36?,38-,39+,40+,41?,46+,47-,48+/m0/s1. The lowest BCUT2D eigenvalue weighted by Crippen LogP contribution is -2.80. The molecular formula is C48H53NO13. The van der Waals surface area contributed by atoms with E-state index in [0.29, 0.717) is 11.1 Å². The number of nitrogens with one attached hydrogen (secondary N) is 1. The molecule has 7 rings (SSSR count). The van der Waals surface area contributed by atoms with Crippen molar-refractivity contribution >= 4 is 35.4 Å². The molecule has 14 nitrogen and oxygen atoms in total. The number of ketones is 2. The summed E-state index contributed by atoms with van der Waals surface area (Å²) in [6.45, 7) is 8.40. The van der Waals surface area contributed by atoms with Crippen molar-refractivity contribution in [2.75, 3.05) is 6.61 Å². The van der Waals surface area contributed by atoms with Gasteiger partial charge in [-0.3, -0.25) is 24.0 Å². The minimum Gasteiger partial charge on any atom is -0.456 e. The molecule has 14 heteroatoms. The van der Waals surface area contributed by atoms with Gasteiger partial charge in [-0.25, -0.2) is 4.79 Å². The van der Waals surface area contributed by atoms with E-state index in [1.807, 2.05) is 0 Å². The fourth-order valence-electron chi connectivity index (χ4n) is 10.8. The first-order chi connectivity index (χ1) is 29.3. The van der Waals surface area contributed by atoms with E-state index < -0.39 is 119 Å². The molecule has 3 fully saturated rings. The molecule has 0 spiro atoms. The smallest absolute Gasteiger partial charge is 0.338 e. The van der Waals surface area contributed by atoms with Crippen LogP contribution in [0.25, 0.3) is 0 Å². The monoisotopic (exact) mass is 851 g/mol. The van der Waals surface area contributed by atoms with E-state index in [1.165, 1.54) is 13.8 Å². The van der Waals surface area contributed by atoms with E-state index in [2.05, 4.69) is 5.32 Å². The highest BCUT2D eigenvalue weighted by molar-refractivity contribution is 5.98. The van der Waals surface area contributed by atoms with Crippen LogP contribution in [0.4, 0.5) is 0 Å². The number of aliphatic hydroxyl groups is 3. The number of hydrogen-bond acceptors (Lipinski definition) is 13. The normalized spacial score (nSPS) is 31.9. The summed E-state index contributed by atoms with van der Waals surface area (Å²) in [7, 11) is 0. The summed E-state index contributed by atoms with van der Waals surface area (Å²) < 4.78 is 24.1. The van der Waals surface area contributed by atoms with E-state index in [-0.39, 0.29) is 29.7 Å². The zero-order valence-corrected chi connectivity index (χ0v) is 35.5. The van der Waals surface area contributed by atoms with E-state index in [0.717, 1.165) is 6.92 Å². The average Bonchev–Trinajstić information content (AvgIpc) is 3.24. The van der Waals surface area contributed by atoms with E-state index in [9.17, 15) is 39.3 Å². The van der Waals surface area contributed by atoms with Crippen LogP contribution in [0.2, 0.25) is 0 Å². The lowest BCUT2D eigenvalue weighted by Gasteiger charge is -2.68. The number of benzene rings is 3. The van der Waals surface area contributed by atoms with Crippen molar-refractivity contribution in [2.24, 2.45) is 22.7 Å². The molecule has 3 aromatic rings. The molecular weight excluding hydrogens is 799 g/mol. The van der Waals surface area contributed by atoms with Crippen LogP contribution in [-0.2, 0) is 38.1 Å². The molecule has 11 atom stereocenters. The van der Waals surface area contributed by atoms with Crippen LogP contribution in [0.5, 0.6) is 0 Å². The van der Waals surface area contributed by atoms with Crippen molar-refractivity contribution in [3.05, 3.63) is 119 Å². The summed E-state index contributed by atoms with van der Waals surface area (Å²) in [4.78, 5) is 83.8. The molecule has 1 aliphatic heterocycles. The molecule has 4 aliphatic rings. The van der Waals surface area contributed by atoms with Crippen LogP contribution in [0.1, 0.15) is 93.1 Å². The first-order valence-electron chi connectivity index (χ1n) is 20.8. The molecule has 2 bridgehead atoms. The Hall–Kier alpha value is -5.54. The summed E-state index contributed by atoms with van der Waals surface area (Å²) >= 11 is 0. The number of amides is 1. The first-order valence-corrected chi connectivity index (χ1v) is 20.8. The topological polar surface area (TPSA) is 212 Å². The Balaban J connectivity index is 1.39. The third-order valence-electron chi connectivity index (χ3n) is 14.0. The molecule has 0 radical (unpaired) electrons. The van der Waals surface area contributed by atoms with E-state index in [1.54, 1.807) is 112 Å². The fourth-order valence-corrected chi connectivity index (χ4v) is 10.8. The number of hydrogen-bond donors (Lipinski definition) is 4. The van der Waals surface area contributed by atoms with E-state index >= 15 is 4.79 Å². The van der Waals surface area contributed by atoms with Crippen molar-refractivity contribution in [1.82, 2.24) is 5.32 Å². The van der Waals surface area contributed by atoms with Crippen molar-refractivity contribution in [3.63, 3.8) is 0 Å². The van der Waals surface area contributed by atoms with Gasteiger partial charge in [0, 0.05) is 61.5 Å². The van der Waals surface area contributed by atoms with Crippen molar-refractivity contribution in [1.29, 1.82) is 0 Å². The summed E-state index contributed by atoms with van der Waals surface area (Å²) in [5.41, 5.74) is -6.03. The van der Waals surface area contributed by atoms with Crippen LogP contribution in [0.3, 0.4) is 0 Å². The fraction of sp³-hybridized carbons (Fsp3) is 0.458. The summed E-state index contributed by atoms with van der Waals surface area (Å²) in [5.74, 6) is -7.22. The van der Waals surface area contributed by atoms with Crippen LogP contribution in [0, 0.1) is 22.7 Å². The highest BCUT2D eigenvalue weighted by Crippen LogP contribution is 2.66. The highest BCUT2D eigenvalue weighted by Gasteiger charge is 2.77. The Kier molecular flexibility index (Phi) is 11.9. The second-order valence-electron chi connectivity index (χ2n) is 17.8. The number of carbonyl (C=O) groups is 6. The quantitative estimate of drug-likeness (QED) is 0.0914. The number of aliphatic hydroxyl groups excluding tert-OH is 2. The lowest BCUT2D eigenvalue weighted by atomic mass is 9.42. The lowest BCUT2D eigenvalue weighted by molar-refractivity contribution is -0.339. The molecule has 4 N–H and O–H groups in total. The molecule has 3 aromatic carbocycles. The van der Waals surface area contributed by atoms with Gasteiger partial charge in [0.05, 0.1) is 29.8 Å². The Bertz CT molecular complexity index is 2280. The Labute approximate surface area is 359 Å². The summed E-state index contributed by atoms with van der Waals surface area (Å²) in [5, 5.41) is 40.5. The maximum Gasteiger partial charge on any atom is 0.338 e. The highest BCUT2D eigenvalue weighted by atomic mass is 16.6. The van der Waals surface area contributed by atoms with Crippen LogP contribution in [-0.4, -0.2) is 99.0 Å². The average molecular weight is 852 g/mol. The Morgan fingerprint density at radius 3 is 1.98 bits per heavy atom. The number of Topliss-reactive ketones (excluding diaryl/α,β-unsaturated/α-hetero) is 2. The zero-order valence-electron chi connectivity index (χ0n) is 35.5. The molecule has 328 valence electrons. The zero-order chi connectivity index (χ0) is 44.9. The van der Waals surface area contributed by atoms with Gasteiger partial charge in [-0.2, -0.15) is 0 Å². The van der Waals surface area contributed by atoms with Gasteiger partial charge in [0.25, 0.3) is 5.91 Å². The van der Waals surface area contributed by atoms with Gasteiger partial charge in [-0.1, -0.05) is 92.7 Å². The summed E-state index contributed by atoms with van der Waals surface area (Å²) in [6.07, 6.45) is -8.61. The SMILES string of the molecule is CC(=O)O[C@H]1C(=O)[C@@]2(C)C([C@H](CC(=O)c3ccccc3)[C@]3(O)C[C@H](OC(=O)[C@H](O)[C@@H](NC(=O)c4ccccc4)c4ccccc4)C(C)=C1C3(C)C)[C@]1(OC(C)=O)COC1C[C@@H]2O. The molecule has 62 heavy (non-hydrogen) atoms. The second kappa shape index (κ2) is 16.6. The number of ether oxygens (including phenoxy) is 4. The van der Waals surface area contributed by atoms with Crippen LogP contribution in [0.15, 0.2) is 102 Å². The van der Waals surface area contributed by atoms with Crippen molar-refractivity contribution in [3.8, 4) is 0 Å². The van der Waals surface area contributed by atoms with Gasteiger partial charge < -0.3 is 39.6 Å². The molecule has 3 aliphatic carbocycles. The number of carbonyl (C=O) groups excluding carboxylic acids is 6. The number of rotatable bonds is 11. The van der Waals surface area contributed by atoms with Gasteiger partial charge in [0.15, 0.2) is 29.4 Å². The minimum absolute atomic E-state index is 0.0771. The molecule has 1 heterocycles. The van der Waals surface area contributed by atoms with Gasteiger partial charge >= 0.3 is 17.9 Å². The first kappa shape index (κ1) is 44.5. The van der Waals surface area contributed by atoms with Gasteiger partial charge in [0.1, 0.15) is 12.2 Å². The Morgan fingerprint density at radius 2 is 1.44 bits per heavy atom. The third-order valence-corrected chi connectivity index (χ3v) is 14.0. The maximum atomic E-state index is 15.5. The number of fused-ring (bicyclic) bond motifs is 5. The van der Waals surface area contributed by atoms with Crippen molar-refractivity contribution in [2.45, 2.75) is 109 Å². The largest absolute Gasteiger partial charge is 0.456 e. The molecule has 1 saturated heterocycles. The molecule has 1 amide bonds.